The minimum Gasteiger partial charge on any atom is -0.822 e. The van der Waals surface area contributed by atoms with Gasteiger partial charge in [0.1, 0.15) is 5.75 Å². The van der Waals surface area contributed by atoms with Gasteiger partial charge in [0.2, 0.25) is 0 Å². The molecule has 0 saturated carbocycles. The Labute approximate surface area is 142 Å². The summed E-state index contributed by atoms with van der Waals surface area (Å²) in [6, 6.07) is 12.7. The number of methoxy groups -OCH3 is 2. The third-order valence-electron chi connectivity index (χ3n) is 4.11. The van der Waals surface area contributed by atoms with Gasteiger partial charge in [0, 0.05) is 7.11 Å². The van der Waals surface area contributed by atoms with E-state index < -0.39 is 7.82 Å². The lowest BCUT2D eigenvalue weighted by molar-refractivity contribution is -0.432. The van der Waals surface area contributed by atoms with Crippen molar-refractivity contribution in [2.45, 2.75) is 32.3 Å². The van der Waals surface area contributed by atoms with Crippen LogP contribution in [0.15, 0.2) is 36.4 Å². The third kappa shape index (κ3) is 5.58. The van der Waals surface area contributed by atoms with Crippen molar-refractivity contribution < 1.29 is 28.7 Å². The van der Waals surface area contributed by atoms with Gasteiger partial charge in [-0.2, -0.15) is 7.82 Å². The number of phosphoric acid groups is 1. The first-order valence-corrected chi connectivity index (χ1v) is 9.01. The van der Waals surface area contributed by atoms with Gasteiger partial charge in [-0.1, -0.05) is 32.0 Å². The molecule has 0 aliphatic heterocycles. The predicted octanol–water partition coefficient (Wildman–Crippen LogP) is 1.69. The van der Waals surface area contributed by atoms with Gasteiger partial charge in [-0.3, -0.25) is 0 Å². The first-order valence-electron chi connectivity index (χ1n) is 7.55. The van der Waals surface area contributed by atoms with Crippen LogP contribution in [0.2, 0.25) is 0 Å². The van der Waals surface area contributed by atoms with Crippen LogP contribution in [-0.2, 0) is 14.9 Å². The fraction of sp³-hybridized carbons (Fsp3) is 0.412. The maximum atomic E-state index is 8.55. The zero-order valence-electron chi connectivity index (χ0n) is 14.3. The van der Waals surface area contributed by atoms with Crippen molar-refractivity contribution in [3.05, 3.63) is 42.0 Å². The lowest BCUT2D eigenvalue weighted by Gasteiger charge is -2.36. The Morgan fingerprint density at radius 2 is 1.46 bits per heavy atom. The molecule has 24 heavy (non-hydrogen) atoms. The van der Waals surface area contributed by atoms with Gasteiger partial charge in [0.25, 0.3) is 0 Å². The minimum atomic E-state index is -5.39. The zero-order chi connectivity index (χ0) is 18.4. The molecule has 0 aromatic heterocycles. The average Bonchev–Trinajstić information content (AvgIpc) is 2.55. The summed E-state index contributed by atoms with van der Waals surface area (Å²) < 4.78 is 19.6. The number of hydrogen-bond acceptors (Lipinski definition) is 6. The predicted molar refractivity (Wildman–Crippen MR) is 87.4 cm³/mol. The molecule has 0 amide bonds. The van der Waals surface area contributed by atoms with E-state index in [0.717, 1.165) is 18.6 Å². The Balaban J connectivity index is 0.000000505. The van der Waals surface area contributed by atoms with Gasteiger partial charge >= 0.3 is 0 Å². The maximum absolute atomic E-state index is 8.55. The van der Waals surface area contributed by atoms with Crippen LogP contribution < -0.4 is 19.4 Å². The smallest absolute Gasteiger partial charge is 0.119 e. The second-order valence-corrected chi connectivity index (χ2v) is 6.18. The van der Waals surface area contributed by atoms with Crippen LogP contribution in [0.1, 0.15) is 32.3 Å². The van der Waals surface area contributed by atoms with Crippen molar-refractivity contribution in [2.24, 2.45) is 0 Å². The number of ether oxygens (including phenoxy) is 2. The number of rotatable bonds is 5. The fourth-order valence-electron chi connectivity index (χ4n) is 2.70. The van der Waals surface area contributed by atoms with Crippen LogP contribution in [0.25, 0.3) is 10.8 Å². The third-order valence-corrected chi connectivity index (χ3v) is 4.11. The Bertz CT molecular complexity index is 689. The second-order valence-electron chi connectivity index (χ2n) is 5.28. The van der Waals surface area contributed by atoms with Gasteiger partial charge < -0.3 is 28.7 Å². The highest BCUT2D eigenvalue weighted by Crippen LogP contribution is 2.34. The molecule has 0 unspecified atom stereocenters. The van der Waals surface area contributed by atoms with E-state index in [9.17, 15) is 0 Å². The summed E-state index contributed by atoms with van der Waals surface area (Å²) >= 11 is 0. The highest BCUT2D eigenvalue weighted by molar-refractivity contribution is 7.40. The van der Waals surface area contributed by atoms with E-state index in [1.54, 1.807) is 14.2 Å². The van der Waals surface area contributed by atoms with Gasteiger partial charge in [-0.15, -0.1) is 0 Å². The highest BCUT2D eigenvalue weighted by atomic mass is 31.2. The lowest BCUT2D eigenvalue weighted by Crippen LogP contribution is -2.26. The number of benzene rings is 2. The fourth-order valence-corrected chi connectivity index (χ4v) is 2.70. The van der Waals surface area contributed by atoms with Crippen molar-refractivity contribution in [1.82, 2.24) is 0 Å². The standard InChI is InChI=1S/C17H22O2.H3O4P/c1-5-17(6-2,19-4)15-9-7-14-12-16(18-3)10-8-13(14)11-15;1-5(2,3)4/h7-12H,5-6H2,1-4H3;(H3,1,2,3,4)/p-3. The molecule has 6 nitrogen and oxygen atoms in total. The Morgan fingerprint density at radius 3 is 1.92 bits per heavy atom. The van der Waals surface area contributed by atoms with Crippen LogP contribution >= 0.6 is 7.82 Å². The van der Waals surface area contributed by atoms with Crippen LogP contribution in [0, 0.1) is 0 Å². The average molecular weight is 353 g/mol. The number of hydrogen-bond donors (Lipinski definition) is 0. The van der Waals surface area contributed by atoms with Crippen molar-refractivity contribution in [2.75, 3.05) is 14.2 Å². The molecule has 2 aromatic carbocycles. The van der Waals surface area contributed by atoms with Crippen LogP contribution in [-0.4, -0.2) is 14.2 Å². The quantitative estimate of drug-likeness (QED) is 0.758. The van der Waals surface area contributed by atoms with Gasteiger partial charge in [0.15, 0.2) is 0 Å². The molecule has 0 bridgehead atoms. The summed E-state index contributed by atoms with van der Waals surface area (Å²) in [5.74, 6) is 0.893. The zero-order valence-corrected chi connectivity index (χ0v) is 15.2. The largest absolute Gasteiger partial charge is 0.822 e. The van der Waals surface area contributed by atoms with E-state index >= 15 is 0 Å². The first-order chi connectivity index (χ1) is 11.2. The van der Waals surface area contributed by atoms with Crippen LogP contribution in [0.3, 0.4) is 0 Å². The Morgan fingerprint density at radius 1 is 0.958 bits per heavy atom. The molecule has 0 saturated heterocycles. The maximum Gasteiger partial charge on any atom is 0.119 e. The first kappa shape index (κ1) is 20.6. The molecule has 0 aliphatic rings. The molecule has 0 atom stereocenters. The second kappa shape index (κ2) is 8.60. The molecule has 0 heterocycles. The Kier molecular flexibility index (Phi) is 7.39. The molecule has 2 rings (SSSR count). The van der Waals surface area contributed by atoms with Gasteiger partial charge in [0.05, 0.1) is 12.7 Å². The summed E-state index contributed by atoms with van der Waals surface area (Å²) in [7, 11) is -1.90. The topological polar surface area (TPSA) is 105 Å². The van der Waals surface area contributed by atoms with Crippen molar-refractivity contribution >= 4 is 18.6 Å². The summed E-state index contributed by atoms with van der Waals surface area (Å²) in [5, 5.41) is 2.42. The van der Waals surface area contributed by atoms with E-state index in [-0.39, 0.29) is 5.60 Å². The van der Waals surface area contributed by atoms with E-state index in [0.29, 0.717) is 0 Å². The van der Waals surface area contributed by atoms with E-state index in [1.165, 1.54) is 16.3 Å². The summed E-state index contributed by atoms with van der Waals surface area (Å²) in [6.45, 7) is 4.34. The summed E-state index contributed by atoms with van der Waals surface area (Å²) in [5.41, 5.74) is 1.08. The van der Waals surface area contributed by atoms with Crippen LogP contribution in [0.4, 0.5) is 0 Å². The van der Waals surface area contributed by atoms with Crippen LogP contribution in [0.5, 0.6) is 5.75 Å². The normalized spacial score (nSPS) is 11.8. The Hall–Kier alpha value is -1.43. The molecule has 0 radical (unpaired) electrons. The van der Waals surface area contributed by atoms with Gasteiger partial charge in [-0.05, 0) is 47.4 Å². The molecule has 0 spiro atoms. The lowest BCUT2D eigenvalue weighted by atomic mass is 9.87. The molecule has 7 heteroatoms. The van der Waals surface area contributed by atoms with Crippen molar-refractivity contribution in [3.63, 3.8) is 0 Å². The number of fused-ring (bicyclic) bond motifs is 1. The summed E-state index contributed by atoms with van der Waals surface area (Å²) in [6.07, 6.45) is 1.95. The minimum absolute atomic E-state index is 0.173. The SMILES string of the molecule is CCC(CC)(OC)c1ccc2cc(OC)ccc2c1.O=P([O-])([O-])[O-]. The van der Waals surface area contributed by atoms with E-state index in [1.807, 2.05) is 6.07 Å². The highest BCUT2D eigenvalue weighted by Gasteiger charge is 2.27. The summed E-state index contributed by atoms with van der Waals surface area (Å²) in [4.78, 5) is 25.6. The monoisotopic (exact) mass is 353 g/mol. The molecular formula is C17H22O6P-3. The van der Waals surface area contributed by atoms with Crippen molar-refractivity contribution in [1.29, 1.82) is 0 Å². The molecule has 2 aromatic rings. The molecule has 0 N–H and O–H groups in total. The molecule has 0 fully saturated rings. The van der Waals surface area contributed by atoms with Crippen molar-refractivity contribution in [3.8, 4) is 5.75 Å². The van der Waals surface area contributed by atoms with Gasteiger partial charge in [-0.25, -0.2) is 0 Å². The molecular weight excluding hydrogens is 331 g/mol. The van der Waals surface area contributed by atoms with E-state index in [4.69, 9.17) is 28.7 Å². The van der Waals surface area contributed by atoms with E-state index in [2.05, 4.69) is 44.2 Å². The molecule has 0 aliphatic carbocycles. The molecule has 134 valence electrons.